The van der Waals surface area contributed by atoms with E-state index in [0.29, 0.717) is 11.4 Å². The van der Waals surface area contributed by atoms with Crippen LogP contribution in [0.1, 0.15) is 11.4 Å². The van der Waals surface area contributed by atoms with Gasteiger partial charge < -0.3 is 5.11 Å². The van der Waals surface area contributed by atoms with Crippen molar-refractivity contribution in [2.75, 3.05) is 5.01 Å². The summed E-state index contributed by atoms with van der Waals surface area (Å²) >= 11 is 0. The minimum atomic E-state index is -1.08. The second kappa shape index (κ2) is 4.53. The third kappa shape index (κ3) is 2.35. The highest BCUT2D eigenvalue weighted by atomic mass is 16.4. The molecule has 0 saturated carbocycles. The molecule has 1 aliphatic heterocycles. The zero-order valence-corrected chi connectivity index (χ0v) is 9.91. The predicted octanol–water partition coefficient (Wildman–Crippen LogP) is -0.0460. The molecule has 1 atom stereocenters. The second-order valence-electron chi connectivity index (χ2n) is 3.93. The van der Waals surface area contributed by atoms with Crippen LogP contribution in [0.3, 0.4) is 0 Å². The number of aryl methyl sites for hydroxylation is 2. The summed E-state index contributed by atoms with van der Waals surface area (Å²) in [6.45, 7) is 3.55. The molecule has 18 heavy (non-hydrogen) atoms. The lowest BCUT2D eigenvalue weighted by Crippen LogP contribution is -2.53. The Labute approximate surface area is 103 Å². The molecule has 0 aliphatic carbocycles. The summed E-state index contributed by atoms with van der Waals surface area (Å²) in [5.74, 6) is -1.33. The molecule has 2 N–H and O–H groups in total. The number of rotatable bonds is 2. The Hall–Kier alpha value is -2.28. The molecule has 94 valence electrons. The van der Waals surface area contributed by atoms with Gasteiger partial charge in [-0.3, -0.25) is 9.59 Å². The molecule has 2 rings (SSSR count). The number of nitrogens with one attached hydrogen (secondary N) is 1. The first kappa shape index (κ1) is 12.2. The third-order valence-electron chi connectivity index (χ3n) is 2.36. The molecular weight excluding hydrogens is 236 g/mol. The first-order valence-corrected chi connectivity index (χ1v) is 5.31. The van der Waals surface area contributed by atoms with E-state index in [1.165, 1.54) is 12.2 Å². The van der Waals surface area contributed by atoms with Gasteiger partial charge >= 0.3 is 5.97 Å². The molecule has 7 nitrogen and oxygen atoms in total. The number of aromatic nitrogens is 2. The normalized spacial score (nSPS) is 19.1. The first-order valence-electron chi connectivity index (χ1n) is 5.31. The topological polar surface area (TPSA) is 95.4 Å². The maximum absolute atomic E-state index is 11.7. The van der Waals surface area contributed by atoms with Crippen LogP contribution in [0.15, 0.2) is 18.2 Å². The monoisotopic (exact) mass is 248 g/mol. The van der Waals surface area contributed by atoms with Gasteiger partial charge in [0.15, 0.2) is 0 Å². The van der Waals surface area contributed by atoms with Gasteiger partial charge in [-0.25, -0.2) is 20.4 Å². The highest BCUT2D eigenvalue weighted by molar-refractivity contribution is 6.01. The molecule has 0 radical (unpaired) electrons. The second-order valence-corrected chi connectivity index (χ2v) is 3.93. The first-order chi connectivity index (χ1) is 8.47. The van der Waals surface area contributed by atoms with Crippen LogP contribution < -0.4 is 10.4 Å². The SMILES string of the molecule is Cc1cc(C)nc(N2N[C@@H](C(=O)O)C=CC2=O)n1. The van der Waals surface area contributed by atoms with E-state index in [-0.39, 0.29) is 5.95 Å². The standard InChI is InChI=1S/C11H12N4O3/c1-6-5-7(2)13-11(12-6)15-9(16)4-3-8(14-15)10(17)18/h3-5,8,14H,1-2H3,(H,17,18)/t8-/m1/s1. The van der Waals surface area contributed by atoms with Gasteiger partial charge in [0.2, 0.25) is 5.95 Å². The van der Waals surface area contributed by atoms with Gasteiger partial charge in [-0.2, -0.15) is 0 Å². The number of carbonyl (C=O) groups is 2. The molecule has 1 amide bonds. The summed E-state index contributed by atoms with van der Waals surface area (Å²) in [6, 6.07) is 0.801. The molecule has 0 fully saturated rings. The molecule has 1 aromatic heterocycles. The molecule has 0 saturated heterocycles. The van der Waals surface area contributed by atoms with Crippen molar-refractivity contribution in [3.8, 4) is 0 Å². The third-order valence-corrected chi connectivity index (χ3v) is 2.36. The smallest absolute Gasteiger partial charge is 0.326 e. The van der Waals surface area contributed by atoms with Crippen LogP contribution in [0.2, 0.25) is 0 Å². The number of nitrogens with zero attached hydrogens (tertiary/aromatic N) is 3. The molecule has 0 aromatic carbocycles. The summed E-state index contributed by atoms with van der Waals surface area (Å²) < 4.78 is 0. The van der Waals surface area contributed by atoms with Crippen LogP contribution in [0.25, 0.3) is 0 Å². The largest absolute Gasteiger partial charge is 0.480 e. The number of carbonyl (C=O) groups excluding carboxylic acids is 1. The van der Waals surface area contributed by atoms with Crippen molar-refractivity contribution in [2.45, 2.75) is 19.9 Å². The summed E-state index contributed by atoms with van der Waals surface area (Å²) in [4.78, 5) is 30.8. The zero-order valence-electron chi connectivity index (χ0n) is 9.91. The van der Waals surface area contributed by atoms with Crippen LogP contribution in [-0.4, -0.2) is 33.0 Å². The number of carboxylic acid groups (broad SMARTS) is 1. The van der Waals surface area contributed by atoms with E-state index in [1.54, 1.807) is 19.9 Å². The Kier molecular flexibility index (Phi) is 3.07. The molecule has 2 heterocycles. The van der Waals surface area contributed by atoms with Crippen LogP contribution in [0.5, 0.6) is 0 Å². The highest BCUT2D eigenvalue weighted by Gasteiger charge is 2.27. The number of hydrazine groups is 1. The molecule has 7 heteroatoms. The lowest BCUT2D eigenvalue weighted by atomic mass is 10.2. The minimum absolute atomic E-state index is 0.146. The summed E-state index contributed by atoms with van der Waals surface area (Å²) in [6.07, 6.45) is 2.47. The molecule has 0 unspecified atom stereocenters. The number of anilines is 1. The highest BCUT2D eigenvalue weighted by Crippen LogP contribution is 2.12. The average molecular weight is 248 g/mol. The van der Waals surface area contributed by atoms with Gasteiger partial charge in [-0.05, 0) is 26.0 Å². The van der Waals surface area contributed by atoms with Gasteiger partial charge in [-0.15, -0.1) is 0 Å². The number of hydrogen-bond acceptors (Lipinski definition) is 5. The van der Waals surface area contributed by atoms with E-state index in [0.717, 1.165) is 5.01 Å². The molecule has 1 aromatic rings. The van der Waals surface area contributed by atoms with Crippen molar-refractivity contribution < 1.29 is 14.7 Å². The fourth-order valence-corrected chi connectivity index (χ4v) is 1.60. The maximum Gasteiger partial charge on any atom is 0.326 e. The minimum Gasteiger partial charge on any atom is -0.480 e. The van der Waals surface area contributed by atoms with Crippen molar-refractivity contribution >= 4 is 17.8 Å². The zero-order chi connectivity index (χ0) is 13.3. The van der Waals surface area contributed by atoms with Gasteiger partial charge in [-0.1, -0.05) is 0 Å². The maximum atomic E-state index is 11.7. The van der Waals surface area contributed by atoms with Crippen LogP contribution in [0, 0.1) is 13.8 Å². The predicted molar refractivity (Wildman–Crippen MR) is 62.7 cm³/mol. The average Bonchev–Trinajstić information content (AvgIpc) is 2.27. The lowest BCUT2D eigenvalue weighted by Gasteiger charge is -2.26. The van der Waals surface area contributed by atoms with Crippen molar-refractivity contribution in [1.82, 2.24) is 15.4 Å². The van der Waals surface area contributed by atoms with E-state index in [9.17, 15) is 9.59 Å². The Bertz CT molecular complexity index is 521. The molecule has 0 spiro atoms. The summed E-state index contributed by atoms with van der Waals surface area (Å²) in [5.41, 5.74) is 3.95. The summed E-state index contributed by atoms with van der Waals surface area (Å²) in [7, 11) is 0. The van der Waals surface area contributed by atoms with E-state index < -0.39 is 17.9 Å². The molecule has 0 bridgehead atoms. The quantitative estimate of drug-likeness (QED) is 0.762. The summed E-state index contributed by atoms with van der Waals surface area (Å²) in [5, 5.41) is 9.95. The fourth-order valence-electron chi connectivity index (χ4n) is 1.60. The van der Waals surface area contributed by atoms with E-state index in [1.807, 2.05) is 0 Å². The molecule has 1 aliphatic rings. The van der Waals surface area contributed by atoms with Crippen molar-refractivity contribution in [3.05, 3.63) is 29.6 Å². The number of hydrogen-bond donors (Lipinski definition) is 2. The Morgan fingerprint density at radius 3 is 2.56 bits per heavy atom. The van der Waals surface area contributed by atoms with Crippen LogP contribution in [0.4, 0.5) is 5.95 Å². The van der Waals surface area contributed by atoms with Gasteiger partial charge in [0.05, 0.1) is 0 Å². The van der Waals surface area contributed by atoms with Crippen LogP contribution >= 0.6 is 0 Å². The van der Waals surface area contributed by atoms with E-state index in [4.69, 9.17) is 5.11 Å². The van der Waals surface area contributed by atoms with E-state index in [2.05, 4.69) is 15.4 Å². The Morgan fingerprint density at radius 2 is 2.00 bits per heavy atom. The number of aliphatic carboxylic acids is 1. The van der Waals surface area contributed by atoms with Gasteiger partial charge in [0, 0.05) is 17.5 Å². The number of carboxylic acids is 1. The Balaban J connectivity index is 2.35. The fraction of sp³-hybridized carbons (Fsp3) is 0.273. The van der Waals surface area contributed by atoms with Crippen molar-refractivity contribution in [1.29, 1.82) is 0 Å². The van der Waals surface area contributed by atoms with Crippen LogP contribution in [-0.2, 0) is 9.59 Å². The Morgan fingerprint density at radius 1 is 1.39 bits per heavy atom. The van der Waals surface area contributed by atoms with E-state index >= 15 is 0 Å². The molecular formula is C11H12N4O3. The van der Waals surface area contributed by atoms with Crippen molar-refractivity contribution in [3.63, 3.8) is 0 Å². The number of amides is 1. The van der Waals surface area contributed by atoms with Gasteiger partial charge in [0.25, 0.3) is 5.91 Å². The van der Waals surface area contributed by atoms with Gasteiger partial charge in [0.1, 0.15) is 6.04 Å². The van der Waals surface area contributed by atoms with Crippen molar-refractivity contribution in [2.24, 2.45) is 0 Å². The lowest BCUT2D eigenvalue weighted by molar-refractivity contribution is -0.138.